The van der Waals surface area contributed by atoms with Crippen LogP contribution in [0.1, 0.15) is 49.3 Å². The van der Waals surface area contributed by atoms with Crippen LogP contribution in [-0.4, -0.2) is 20.5 Å². The number of anilines is 1. The van der Waals surface area contributed by atoms with Crippen LogP contribution < -0.4 is 5.73 Å². The second kappa shape index (κ2) is 6.59. The molecule has 3 aromatic rings. The van der Waals surface area contributed by atoms with Gasteiger partial charge in [0.25, 0.3) is 0 Å². The molecule has 1 aromatic heterocycles. The Kier molecular flexibility index (Phi) is 4.14. The van der Waals surface area contributed by atoms with Crippen molar-refractivity contribution in [1.29, 1.82) is 0 Å². The number of benzene rings is 2. The summed E-state index contributed by atoms with van der Waals surface area (Å²) in [6.07, 6.45) is 6.04. The number of nitrogens with two attached hydrogens (primary N) is 1. The van der Waals surface area contributed by atoms with Crippen LogP contribution in [0.3, 0.4) is 0 Å². The summed E-state index contributed by atoms with van der Waals surface area (Å²) in [7, 11) is 0. The molecule has 5 nitrogen and oxygen atoms in total. The maximum Gasteiger partial charge on any atom is 0.201 e. The van der Waals surface area contributed by atoms with Crippen LogP contribution in [0.4, 0.5) is 5.95 Å². The third-order valence-electron chi connectivity index (χ3n) is 5.08. The van der Waals surface area contributed by atoms with E-state index in [0.717, 1.165) is 35.0 Å². The molecule has 2 aromatic carbocycles. The summed E-state index contributed by atoms with van der Waals surface area (Å²) in [6, 6.07) is 16.0. The molecule has 3 N–H and O–H groups in total. The number of hydrogen-bond donors (Lipinski definition) is 2. The van der Waals surface area contributed by atoms with Gasteiger partial charge in [-0.3, -0.25) is 0 Å². The van der Waals surface area contributed by atoms with Gasteiger partial charge in [0, 0.05) is 17.2 Å². The lowest BCUT2D eigenvalue weighted by Crippen LogP contribution is -2.15. The first-order valence-corrected chi connectivity index (χ1v) is 8.83. The van der Waals surface area contributed by atoms with Crippen LogP contribution in [0.15, 0.2) is 53.7 Å². The van der Waals surface area contributed by atoms with Gasteiger partial charge >= 0.3 is 0 Å². The van der Waals surface area contributed by atoms with Gasteiger partial charge in [-0.25, -0.2) is 4.98 Å². The molecule has 0 aliphatic heterocycles. The summed E-state index contributed by atoms with van der Waals surface area (Å²) in [5.74, 6) is 0.571. The zero-order valence-electron chi connectivity index (χ0n) is 14.1. The first kappa shape index (κ1) is 15.7. The van der Waals surface area contributed by atoms with Crippen molar-refractivity contribution >= 4 is 22.7 Å². The van der Waals surface area contributed by atoms with Crippen LogP contribution >= 0.6 is 0 Å². The fraction of sp³-hybridized carbons (Fsp3) is 0.300. The average molecular weight is 334 g/mol. The van der Waals surface area contributed by atoms with Gasteiger partial charge in [-0.2, -0.15) is 0 Å². The molecular formula is C20H22N4O. The lowest BCUT2D eigenvalue weighted by atomic mass is 9.95. The Bertz CT molecular complexity index is 908. The van der Waals surface area contributed by atoms with E-state index in [1.165, 1.54) is 19.3 Å². The molecule has 4 rings (SSSR count). The van der Waals surface area contributed by atoms with E-state index in [1.54, 1.807) is 0 Å². The molecule has 1 heterocycles. The largest absolute Gasteiger partial charge is 0.410 e. The zero-order valence-corrected chi connectivity index (χ0v) is 14.1. The van der Waals surface area contributed by atoms with Crippen molar-refractivity contribution in [2.75, 3.05) is 5.73 Å². The molecule has 0 amide bonds. The zero-order chi connectivity index (χ0) is 17.2. The molecule has 5 heteroatoms. The van der Waals surface area contributed by atoms with Crippen LogP contribution in [0.5, 0.6) is 0 Å². The van der Waals surface area contributed by atoms with Crippen LogP contribution in [0, 0.1) is 0 Å². The highest BCUT2D eigenvalue weighted by Gasteiger charge is 2.21. The summed E-state index contributed by atoms with van der Waals surface area (Å²) in [5.41, 5.74) is 10.4. The van der Waals surface area contributed by atoms with E-state index in [9.17, 15) is 5.21 Å². The summed E-state index contributed by atoms with van der Waals surface area (Å²) < 4.78 is 2.16. The summed E-state index contributed by atoms with van der Waals surface area (Å²) in [5, 5.41) is 13.1. The molecule has 1 fully saturated rings. The minimum Gasteiger partial charge on any atom is -0.410 e. The molecule has 1 aliphatic carbocycles. The number of fused-ring (bicyclic) bond motifs is 1. The highest BCUT2D eigenvalue weighted by atomic mass is 16.4. The van der Waals surface area contributed by atoms with Crippen LogP contribution in [0.2, 0.25) is 0 Å². The molecule has 0 unspecified atom stereocenters. The van der Waals surface area contributed by atoms with E-state index < -0.39 is 0 Å². The fourth-order valence-electron chi connectivity index (χ4n) is 3.86. The van der Waals surface area contributed by atoms with E-state index in [0.29, 0.717) is 17.7 Å². The smallest absolute Gasteiger partial charge is 0.201 e. The number of nitrogen functional groups attached to an aromatic ring is 1. The number of hydrogen-bond acceptors (Lipinski definition) is 4. The van der Waals surface area contributed by atoms with E-state index in [4.69, 9.17) is 5.73 Å². The molecule has 1 aliphatic rings. The number of imidazole rings is 1. The van der Waals surface area contributed by atoms with Gasteiger partial charge in [0.1, 0.15) is 5.71 Å². The molecule has 0 atom stereocenters. The quantitative estimate of drug-likeness (QED) is 0.425. The fourth-order valence-corrected chi connectivity index (χ4v) is 3.86. The lowest BCUT2D eigenvalue weighted by molar-refractivity contribution is 0.319. The van der Waals surface area contributed by atoms with Crippen molar-refractivity contribution in [3.05, 3.63) is 59.7 Å². The highest BCUT2D eigenvalue weighted by molar-refractivity contribution is 6.13. The van der Waals surface area contributed by atoms with Crippen molar-refractivity contribution in [3.63, 3.8) is 0 Å². The van der Waals surface area contributed by atoms with E-state index in [1.807, 2.05) is 48.5 Å². The third-order valence-corrected chi connectivity index (χ3v) is 5.08. The van der Waals surface area contributed by atoms with Gasteiger partial charge in [-0.05, 0) is 25.0 Å². The average Bonchev–Trinajstić information content (AvgIpc) is 2.99. The van der Waals surface area contributed by atoms with Crippen molar-refractivity contribution < 1.29 is 5.21 Å². The molecule has 0 spiro atoms. The molecular weight excluding hydrogens is 312 g/mol. The second-order valence-electron chi connectivity index (χ2n) is 6.65. The predicted molar refractivity (Wildman–Crippen MR) is 100 cm³/mol. The standard InChI is InChI=1S/C20H22N4O/c21-20-22-17-12-11-15(19(23-25)14-7-3-1-4-8-14)13-18(17)24(20)16-9-5-2-6-10-16/h1,3-4,7-8,11-13,16,25H,2,5-6,9-10H2,(H2,21,22)/b23-19+. The SMILES string of the molecule is Nc1nc2ccc(/C(=N/O)c3ccccc3)cc2n1C1CCCCC1. The molecule has 0 radical (unpaired) electrons. The van der Waals surface area contributed by atoms with Crippen molar-refractivity contribution in [2.24, 2.45) is 5.16 Å². The molecule has 0 saturated heterocycles. The molecule has 0 bridgehead atoms. The first-order chi connectivity index (χ1) is 12.3. The van der Waals surface area contributed by atoms with E-state index >= 15 is 0 Å². The van der Waals surface area contributed by atoms with Crippen molar-refractivity contribution in [2.45, 2.75) is 38.1 Å². The third kappa shape index (κ3) is 2.86. The Morgan fingerprint density at radius 1 is 1.04 bits per heavy atom. The van der Waals surface area contributed by atoms with Gasteiger partial charge in [-0.15, -0.1) is 0 Å². The van der Waals surface area contributed by atoms with Crippen LogP contribution in [-0.2, 0) is 0 Å². The molecule has 25 heavy (non-hydrogen) atoms. The summed E-state index contributed by atoms with van der Waals surface area (Å²) >= 11 is 0. The molecule has 1 saturated carbocycles. The minimum atomic E-state index is 0.403. The maximum atomic E-state index is 9.57. The minimum absolute atomic E-state index is 0.403. The van der Waals surface area contributed by atoms with Gasteiger partial charge in [-0.1, -0.05) is 60.8 Å². The van der Waals surface area contributed by atoms with Gasteiger partial charge in [0.05, 0.1) is 11.0 Å². The Balaban J connectivity index is 1.81. The lowest BCUT2D eigenvalue weighted by Gasteiger charge is -2.24. The highest BCUT2D eigenvalue weighted by Crippen LogP contribution is 2.33. The Hall–Kier alpha value is -2.82. The monoisotopic (exact) mass is 334 g/mol. The number of rotatable bonds is 3. The number of nitrogens with zero attached hydrogens (tertiary/aromatic N) is 3. The normalized spacial score (nSPS) is 16.4. The van der Waals surface area contributed by atoms with Gasteiger partial charge in [0.2, 0.25) is 5.95 Å². The van der Waals surface area contributed by atoms with Crippen molar-refractivity contribution in [1.82, 2.24) is 9.55 Å². The molecule has 128 valence electrons. The Labute approximate surface area is 146 Å². The maximum absolute atomic E-state index is 9.57. The topological polar surface area (TPSA) is 76.4 Å². The van der Waals surface area contributed by atoms with Crippen molar-refractivity contribution in [3.8, 4) is 0 Å². The van der Waals surface area contributed by atoms with Gasteiger partial charge < -0.3 is 15.5 Å². The van der Waals surface area contributed by atoms with Crippen LogP contribution in [0.25, 0.3) is 11.0 Å². The second-order valence-corrected chi connectivity index (χ2v) is 6.65. The Morgan fingerprint density at radius 3 is 2.52 bits per heavy atom. The van der Waals surface area contributed by atoms with E-state index in [-0.39, 0.29) is 0 Å². The first-order valence-electron chi connectivity index (χ1n) is 8.83. The van der Waals surface area contributed by atoms with E-state index in [2.05, 4.69) is 14.7 Å². The number of oxime groups is 1. The Morgan fingerprint density at radius 2 is 1.80 bits per heavy atom. The predicted octanol–water partition coefficient (Wildman–Crippen LogP) is 4.35. The van der Waals surface area contributed by atoms with Gasteiger partial charge in [0.15, 0.2) is 0 Å². The number of aromatic nitrogens is 2. The summed E-state index contributed by atoms with van der Waals surface area (Å²) in [6.45, 7) is 0. The summed E-state index contributed by atoms with van der Waals surface area (Å²) in [4.78, 5) is 4.53.